The monoisotopic (exact) mass is 397 g/mol. The standard InChI is InChI=1S/C16H16FN3O6S/c1-10-7-14(18-8-13(10)20(23)24)19-15(21)16(2,22)9-27(25,26)12-5-3-11(17)4-6-12/h3-8,22H,9H2,1-2H3,(H,18,19,21)/t16-/m0/s1. The summed E-state index contributed by atoms with van der Waals surface area (Å²) >= 11 is 0. The van der Waals surface area contributed by atoms with Crippen LogP contribution in [0.4, 0.5) is 15.9 Å². The zero-order valence-corrected chi connectivity index (χ0v) is 15.2. The molecule has 0 saturated heterocycles. The first-order valence-electron chi connectivity index (χ1n) is 7.55. The number of nitrogens with one attached hydrogen (secondary N) is 1. The fourth-order valence-corrected chi connectivity index (χ4v) is 3.81. The molecule has 0 bridgehead atoms. The Labute approximate surface area is 153 Å². The highest BCUT2D eigenvalue weighted by Crippen LogP contribution is 2.21. The number of amides is 1. The van der Waals surface area contributed by atoms with Gasteiger partial charge >= 0.3 is 0 Å². The summed E-state index contributed by atoms with van der Waals surface area (Å²) in [5.74, 6) is -2.72. The van der Waals surface area contributed by atoms with Gasteiger partial charge in [0, 0.05) is 5.56 Å². The van der Waals surface area contributed by atoms with Crippen molar-refractivity contribution in [1.29, 1.82) is 0 Å². The quantitative estimate of drug-likeness (QED) is 0.429. The summed E-state index contributed by atoms with van der Waals surface area (Å²) in [6.07, 6.45) is 0.939. The number of nitro groups is 1. The topological polar surface area (TPSA) is 140 Å². The van der Waals surface area contributed by atoms with Crippen LogP contribution in [-0.4, -0.2) is 40.7 Å². The number of aryl methyl sites for hydroxylation is 1. The fourth-order valence-electron chi connectivity index (χ4n) is 2.22. The molecule has 0 aliphatic carbocycles. The van der Waals surface area contributed by atoms with Gasteiger partial charge in [-0.25, -0.2) is 17.8 Å². The predicted molar refractivity (Wildman–Crippen MR) is 93.3 cm³/mol. The summed E-state index contributed by atoms with van der Waals surface area (Å²) in [6, 6.07) is 5.18. The number of hydrogen-bond donors (Lipinski definition) is 2. The van der Waals surface area contributed by atoms with Gasteiger partial charge in [0.05, 0.1) is 15.6 Å². The van der Waals surface area contributed by atoms with E-state index in [1.54, 1.807) is 0 Å². The van der Waals surface area contributed by atoms with Gasteiger partial charge < -0.3 is 10.4 Å². The Bertz CT molecular complexity index is 990. The van der Waals surface area contributed by atoms with Gasteiger partial charge in [0.15, 0.2) is 15.4 Å². The average molecular weight is 397 g/mol. The first-order chi connectivity index (χ1) is 12.4. The minimum Gasteiger partial charge on any atom is -0.379 e. The Morgan fingerprint density at radius 1 is 1.37 bits per heavy atom. The number of nitrogens with zero attached hydrogens (tertiary/aromatic N) is 2. The van der Waals surface area contributed by atoms with E-state index < -0.39 is 37.8 Å². The van der Waals surface area contributed by atoms with E-state index in [-0.39, 0.29) is 22.0 Å². The summed E-state index contributed by atoms with van der Waals surface area (Å²) in [7, 11) is -4.09. The fraction of sp³-hybridized carbons (Fsp3) is 0.250. The predicted octanol–water partition coefficient (Wildman–Crippen LogP) is 1.60. The highest BCUT2D eigenvalue weighted by Gasteiger charge is 2.37. The smallest absolute Gasteiger partial charge is 0.290 e. The molecule has 0 aliphatic heterocycles. The van der Waals surface area contributed by atoms with E-state index >= 15 is 0 Å². The average Bonchev–Trinajstić information content (AvgIpc) is 2.54. The molecule has 11 heteroatoms. The van der Waals surface area contributed by atoms with Gasteiger partial charge in [0.25, 0.3) is 11.6 Å². The molecule has 144 valence electrons. The molecular formula is C16H16FN3O6S. The molecule has 1 atom stereocenters. The largest absolute Gasteiger partial charge is 0.379 e. The molecule has 2 N–H and O–H groups in total. The molecule has 1 aromatic carbocycles. The number of pyridine rings is 1. The van der Waals surface area contributed by atoms with Crippen molar-refractivity contribution in [3.05, 3.63) is 58.0 Å². The van der Waals surface area contributed by atoms with Crippen molar-refractivity contribution in [3.8, 4) is 0 Å². The molecule has 9 nitrogen and oxygen atoms in total. The van der Waals surface area contributed by atoms with Crippen LogP contribution in [0.15, 0.2) is 41.4 Å². The van der Waals surface area contributed by atoms with Crippen molar-refractivity contribution in [2.45, 2.75) is 24.3 Å². The molecule has 2 aromatic rings. The van der Waals surface area contributed by atoms with E-state index in [9.17, 15) is 32.8 Å². The number of hydrogen-bond acceptors (Lipinski definition) is 7. The second-order valence-electron chi connectivity index (χ2n) is 6.05. The maximum atomic E-state index is 12.9. The third-order valence-corrected chi connectivity index (χ3v) is 5.59. The first-order valence-corrected chi connectivity index (χ1v) is 9.21. The van der Waals surface area contributed by atoms with Crippen molar-refractivity contribution in [1.82, 2.24) is 4.98 Å². The molecule has 1 heterocycles. The van der Waals surface area contributed by atoms with Crippen LogP contribution in [0.25, 0.3) is 0 Å². The molecule has 0 fully saturated rings. The second kappa shape index (κ2) is 7.37. The van der Waals surface area contributed by atoms with Gasteiger partial charge in [0.1, 0.15) is 17.8 Å². The molecule has 1 aromatic heterocycles. The van der Waals surface area contributed by atoms with Crippen LogP contribution in [-0.2, 0) is 14.6 Å². The lowest BCUT2D eigenvalue weighted by molar-refractivity contribution is -0.385. The number of halogens is 1. The summed E-state index contributed by atoms with van der Waals surface area (Å²) in [4.78, 5) is 25.9. The van der Waals surface area contributed by atoms with Crippen molar-refractivity contribution in [2.24, 2.45) is 0 Å². The highest BCUT2D eigenvalue weighted by molar-refractivity contribution is 7.91. The Morgan fingerprint density at radius 3 is 2.48 bits per heavy atom. The van der Waals surface area contributed by atoms with Crippen LogP contribution in [0.2, 0.25) is 0 Å². The summed E-state index contributed by atoms with van der Waals surface area (Å²) < 4.78 is 37.6. The molecule has 2 rings (SSSR count). The van der Waals surface area contributed by atoms with E-state index in [1.165, 1.54) is 13.0 Å². The van der Waals surface area contributed by atoms with E-state index in [1.807, 2.05) is 0 Å². The van der Waals surface area contributed by atoms with Gasteiger partial charge in [0.2, 0.25) is 0 Å². The molecule has 1 amide bonds. The third-order valence-electron chi connectivity index (χ3n) is 3.65. The number of benzene rings is 1. The number of rotatable bonds is 6. The van der Waals surface area contributed by atoms with Gasteiger partial charge in [-0.3, -0.25) is 14.9 Å². The molecule has 0 aliphatic rings. The number of carbonyl (C=O) groups excluding carboxylic acids is 1. The van der Waals surface area contributed by atoms with Crippen LogP contribution in [0.1, 0.15) is 12.5 Å². The van der Waals surface area contributed by atoms with Crippen LogP contribution in [0.3, 0.4) is 0 Å². The normalized spacial score (nSPS) is 13.6. The summed E-state index contributed by atoms with van der Waals surface area (Å²) in [5.41, 5.74) is -2.35. The minimum absolute atomic E-state index is 0.0810. The molecule has 0 unspecified atom stereocenters. The molecule has 0 spiro atoms. The molecular weight excluding hydrogens is 381 g/mol. The number of aromatic nitrogens is 1. The van der Waals surface area contributed by atoms with E-state index in [2.05, 4.69) is 10.3 Å². The SMILES string of the molecule is Cc1cc(NC(=O)[C@@](C)(O)CS(=O)(=O)c2ccc(F)cc2)ncc1[N+](=O)[O-]. The van der Waals surface area contributed by atoms with Crippen LogP contribution in [0, 0.1) is 22.9 Å². The van der Waals surface area contributed by atoms with Crippen molar-refractivity contribution in [3.63, 3.8) is 0 Å². The zero-order valence-electron chi connectivity index (χ0n) is 14.3. The molecule has 27 heavy (non-hydrogen) atoms. The lowest BCUT2D eigenvalue weighted by atomic mass is 10.1. The van der Waals surface area contributed by atoms with Gasteiger partial charge in [-0.1, -0.05) is 0 Å². The Balaban J connectivity index is 2.18. The summed E-state index contributed by atoms with van der Waals surface area (Å²) in [5, 5.41) is 23.3. The second-order valence-corrected chi connectivity index (χ2v) is 8.04. The Kier molecular flexibility index (Phi) is 5.56. The zero-order chi connectivity index (χ0) is 20.4. The van der Waals surface area contributed by atoms with Crippen LogP contribution >= 0.6 is 0 Å². The van der Waals surface area contributed by atoms with E-state index in [4.69, 9.17) is 0 Å². The summed E-state index contributed by atoms with van der Waals surface area (Å²) in [6.45, 7) is 2.44. The van der Waals surface area contributed by atoms with Gasteiger partial charge in [-0.05, 0) is 44.2 Å². The van der Waals surface area contributed by atoms with Crippen molar-refractivity contribution < 1.29 is 27.6 Å². The maximum Gasteiger partial charge on any atom is 0.290 e. The Hall–Kier alpha value is -2.92. The highest BCUT2D eigenvalue weighted by atomic mass is 32.2. The van der Waals surface area contributed by atoms with E-state index in [0.29, 0.717) is 0 Å². The third kappa shape index (κ3) is 4.83. The number of carbonyl (C=O) groups is 1. The lowest BCUT2D eigenvalue weighted by Gasteiger charge is -2.22. The van der Waals surface area contributed by atoms with Gasteiger partial charge in [-0.2, -0.15) is 0 Å². The lowest BCUT2D eigenvalue weighted by Crippen LogP contribution is -2.46. The number of aliphatic hydroxyl groups is 1. The van der Waals surface area contributed by atoms with Crippen LogP contribution < -0.4 is 5.32 Å². The number of sulfone groups is 1. The molecule has 0 saturated carbocycles. The number of anilines is 1. The van der Waals surface area contributed by atoms with E-state index in [0.717, 1.165) is 37.4 Å². The van der Waals surface area contributed by atoms with Crippen molar-refractivity contribution >= 4 is 27.2 Å². The minimum atomic E-state index is -4.09. The van der Waals surface area contributed by atoms with Crippen molar-refractivity contribution in [2.75, 3.05) is 11.1 Å². The first kappa shape index (κ1) is 20.4. The maximum absolute atomic E-state index is 12.9. The van der Waals surface area contributed by atoms with Crippen LogP contribution in [0.5, 0.6) is 0 Å². The van der Waals surface area contributed by atoms with Gasteiger partial charge in [-0.15, -0.1) is 0 Å². The molecule has 0 radical (unpaired) electrons. The Morgan fingerprint density at radius 2 is 1.96 bits per heavy atom.